The number of amides is 1. The van der Waals surface area contributed by atoms with Crippen molar-refractivity contribution in [2.45, 2.75) is 32.5 Å². The molecule has 0 bridgehead atoms. The Balaban J connectivity index is 1.58. The number of alkyl halides is 3. The van der Waals surface area contributed by atoms with E-state index in [1.165, 1.54) is 24.3 Å². The molecular weight excluding hydrogens is 397 g/mol. The van der Waals surface area contributed by atoms with Gasteiger partial charge in [0, 0.05) is 29.2 Å². The largest absolute Gasteiger partial charge is 0.573 e. The van der Waals surface area contributed by atoms with Crippen molar-refractivity contribution >= 4 is 11.6 Å². The molecule has 0 radical (unpaired) electrons. The lowest BCUT2D eigenvalue weighted by Crippen LogP contribution is -2.38. The predicted octanol–water partition coefficient (Wildman–Crippen LogP) is 4.50. The molecule has 1 aliphatic carbocycles. The third-order valence-corrected chi connectivity index (χ3v) is 5.31. The molecule has 1 amide bonds. The lowest BCUT2D eigenvalue weighted by molar-refractivity contribution is -0.274. The van der Waals surface area contributed by atoms with Crippen molar-refractivity contribution in [1.82, 2.24) is 15.2 Å². The highest BCUT2D eigenvalue weighted by Gasteiger charge is 2.40. The second-order valence-corrected chi connectivity index (χ2v) is 7.50. The summed E-state index contributed by atoms with van der Waals surface area (Å²) in [4.78, 5) is 17.1. The molecule has 6 nitrogen and oxygen atoms in total. The smallest absolute Gasteiger partial charge is 0.404 e. The predicted molar refractivity (Wildman–Crippen MR) is 104 cm³/mol. The number of pyridine rings is 1. The van der Waals surface area contributed by atoms with Gasteiger partial charge in [-0.1, -0.05) is 19.1 Å². The van der Waals surface area contributed by atoms with Gasteiger partial charge < -0.3 is 10.1 Å². The summed E-state index contributed by atoms with van der Waals surface area (Å²) in [7, 11) is 0. The van der Waals surface area contributed by atoms with Crippen LogP contribution in [0.25, 0.3) is 11.3 Å². The summed E-state index contributed by atoms with van der Waals surface area (Å²) in [5.41, 5.74) is 2.71. The van der Waals surface area contributed by atoms with Gasteiger partial charge in [0.2, 0.25) is 5.91 Å². The molecule has 1 aromatic carbocycles. The zero-order chi connectivity index (χ0) is 21.4. The van der Waals surface area contributed by atoms with Gasteiger partial charge in [0.15, 0.2) is 5.75 Å². The SMILES string of the molecule is CC1(C(=O)Nc2ccccc2OC(F)(F)F)CCc2[nH]nc(-c3ccncc3)c2C1. The van der Waals surface area contributed by atoms with E-state index >= 15 is 0 Å². The fraction of sp³-hybridized carbons (Fsp3) is 0.286. The fourth-order valence-corrected chi connectivity index (χ4v) is 3.68. The number of hydrogen-bond acceptors (Lipinski definition) is 4. The molecule has 2 aromatic heterocycles. The van der Waals surface area contributed by atoms with Crippen molar-refractivity contribution < 1.29 is 22.7 Å². The van der Waals surface area contributed by atoms with E-state index in [0.717, 1.165) is 22.5 Å². The molecule has 1 atom stereocenters. The molecule has 156 valence electrons. The Bertz CT molecular complexity index is 1070. The van der Waals surface area contributed by atoms with Crippen molar-refractivity contribution in [3.05, 3.63) is 60.0 Å². The number of benzene rings is 1. The molecule has 0 fully saturated rings. The number of rotatable bonds is 4. The van der Waals surface area contributed by atoms with E-state index in [2.05, 4.69) is 25.2 Å². The second kappa shape index (κ2) is 7.47. The highest BCUT2D eigenvalue weighted by atomic mass is 19.4. The zero-order valence-electron chi connectivity index (χ0n) is 16.1. The topological polar surface area (TPSA) is 79.9 Å². The molecule has 0 saturated carbocycles. The van der Waals surface area contributed by atoms with Crippen LogP contribution in [0, 0.1) is 5.41 Å². The Morgan fingerprint density at radius 1 is 1.20 bits per heavy atom. The number of aromatic nitrogens is 3. The minimum atomic E-state index is -4.85. The lowest BCUT2D eigenvalue weighted by atomic mass is 9.73. The number of ether oxygens (including phenoxy) is 1. The van der Waals surface area contributed by atoms with Crippen LogP contribution in [0.1, 0.15) is 24.6 Å². The summed E-state index contributed by atoms with van der Waals surface area (Å²) < 4.78 is 42.1. The summed E-state index contributed by atoms with van der Waals surface area (Å²) in [6.45, 7) is 1.81. The van der Waals surface area contributed by atoms with Crippen molar-refractivity contribution in [1.29, 1.82) is 0 Å². The maximum Gasteiger partial charge on any atom is 0.573 e. The zero-order valence-corrected chi connectivity index (χ0v) is 16.1. The van der Waals surface area contributed by atoms with Crippen LogP contribution >= 0.6 is 0 Å². The van der Waals surface area contributed by atoms with Gasteiger partial charge in [0.25, 0.3) is 0 Å². The summed E-state index contributed by atoms with van der Waals surface area (Å²) in [6.07, 6.45) is 0.0426. The van der Waals surface area contributed by atoms with E-state index in [9.17, 15) is 18.0 Å². The van der Waals surface area contributed by atoms with Crippen LogP contribution in [0.2, 0.25) is 0 Å². The molecule has 1 unspecified atom stereocenters. The summed E-state index contributed by atoms with van der Waals surface area (Å²) in [5.74, 6) is -0.813. The van der Waals surface area contributed by atoms with Gasteiger partial charge in [-0.3, -0.25) is 14.9 Å². The van der Waals surface area contributed by atoms with Gasteiger partial charge in [-0.2, -0.15) is 5.10 Å². The number of anilines is 1. The number of carbonyl (C=O) groups excluding carboxylic acids is 1. The number of fused-ring (bicyclic) bond motifs is 1. The molecule has 9 heteroatoms. The fourth-order valence-electron chi connectivity index (χ4n) is 3.68. The van der Waals surface area contributed by atoms with E-state index in [4.69, 9.17) is 0 Å². The number of halogens is 3. The first kappa shape index (κ1) is 19.9. The number of H-pyrrole nitrogens is 1. The van der Waals surface area contributed by atoms with Gasteiger partial charge in [0.1, 0.15) is 0 Å². The normalized spacial score (nSPS) is 18.5. The van der Waals surface area contributed by atoms with Crippen LogP contribution < -0.4 is 10.1 Å². The van der Waals surface area contributed by atoms with Crippen molar-refractivity contribution in [2.24, 2.45) is 5.41 Å². The third-order valence-electron chi connectivity index (χ3n) is 5.31. The second-order valence-electron chi connectivity index (χ2n) is 7.50. The molecular formula is C21H19F3N4O2. The first-order chi connectivity index (χ1) is 14.3. The van der Waals surface area contributed by atoms with Crippen LogP contribution in [0.4, 0.5) is 18.9 Å². The summed E-state index contributed by atoms with van der Waals surface area (Å²) in [5, 5.41) is 10.1. The first-order valence-corrected chi connectivity index (χ1v) is 9.38. The molecule has 0 aliphatic heterocycles. The van der Waals surface area contributed by atoms with E-state index < -0.39 is 17.5 Å². The van der Waals surface area contributed by atoms with Crippen LogP contribution in [0.15, 0.2) is 48.8 Å². The van der Waals surface area contributed by atoms with Crippen LogP contribution in [0.5, 0.6) is 5.75 Å². The maximum absolute atomic E-state index is 13.1. The van der Waals surface area contributed by atoms with Gasteiger partial charge in [-0.15, -0.1) is 13.2 Å². The highest BCUT2D eigenvalue weighted by molar-refractivity contribution is 5.96. The molecule has 3 aromatic rings. The number of aromatic amines is 1. The minimum Gasteiger partial charge on any atom is -0.404 e. The summed E-state index contributed by atoms with van der Waals surface area (Å²) in [6, 6.07) is 9.19. The molecule has 0 spiro atoms. The van der Waals surface area contributed by atoms with E-state index in [0.29, 0.717) is 19.3 Å². The molecule has 2 N–H and O–H groups in total. The first-order valence-electron chi connectivity index (χ1n) is 9.38. The Kier molecular flexibility index (Phi) is 4.97. The van der Waals surface area contributed by atoms with E-state index in [1.54, 1.807) is 12.4 Å². The maximum atomic E-state index is 13.1. The Morgan fingerprint density at radius 2 is 1.93 bits per heavy atom. The van der Waals surface area contributed by atoms with Crippen LogP contribution in [-0.2, 0) is 17.6 Å². The van der Waals surface area contributed by atoms with Gasteiger partial charge in [0.05, 0.1) is 16.8 Å². The number of carbonyl (C=O) groups is 1. The van der Waals surface area contributed by atoms with Gasteiger partial charge in [-0.25, -0.2) is 0 Å². The van der Waals surface area contributed by atoms with Gasteiger partial charge in [-0.05, 0) is 43.5 Å². The monoisotopic (exact) mass is 416 g/mol. The van der Waals surface area contributed by atoms with Crippen LogP contribution in [0.3, 0.4) is 0 Å². The highest BCUT2D eigenvalue weighted by Crippen LogP contribution is 2.40. The Hall–Kier alpha value is -3.36. The van der Waals surface area contributed by atoms with Crippen molar-refractivity contribution in [2.75, 3.05) is 5.32 Å². The number of aryl methyl sites for hydroxylation is 1. The molecule has 4 rings (SSSR count). The molecule has 30 heavy (non-hydrogen) atoms. The number of nitrogens with one attached hydrogen (secondary N) is 2. The quantitative estimate of drug-likeness (QED) is 0.656. The minimum absolute atomic E-state index is 0.0200. The molecule has 2 heterocycles. The average Bonchev–Trinajstić information content (AvgIpc) is 3.12. The Morgan fingerprint density at radius 3 is 2.67 bits per heavy atom. The third kappa shape index (κ3) is 4.00. The van der Waals surface area contributed by atoms with E-state index in [-0.39, 0.29) is 11.6 Å². The number of para-hydroxylation sites is 2. The van der Waals surface area contributed by atoms with Crippen LogP contribution in [-0.4, -0.2) is 27.5 Å². The number of nitrogens with zero attached hydrogens (tertiary/aromatic N) is 2. The van der Waals surface area contributed by atoms with Crippen molar-refractivity contribution in [3.63, 3.8) is 0 Å². The standard InChI is InChI=1S/C21H19F3N4O2/c1-20(19(29)26-16-4-2-3-5-17(16)30-21(22,23)24)9-6-15-14(12-20)18(28-27-15)13-7-10-25-11-8-13/h2-5,7-8,10-11H,6,9,12H2,1H3,(H,26,29)(H,27,28). The Labute approximate surface area is 170 Å². The van der Waals surface area contributed by atoms with Crippen molar-refractivity contribution in [3.8, 4) is 17.0 Å². The molecule has 1 aliphatic rings. The van der Waals surface area contributed by atoms with Gasteiger partial charge >= 0.3 is 6.36 Å². The summed E-state index contributed by atoms with van der Waals surface area (Å²) >= 11 is 0. The number of hydrogen-bond donors (Lipinski definition) is 2. The molecule has 0 saturated heterocycles. The van der Waals surface area contributed by atoms with E-state index in [1.807, 2.05) is 19.1 Å². The average molecular weight is 416 g/mol. The lowest BCUT2D eigenvalue weighted by Gasteiger charge is -2.32.